The van der Waals surface area contributed by atoms with Crippen molar-refractivity contribution in [3.05, 3.63) is 28.7 Å². The molecule has 0 radical (unpaired) electrons. The summed E-state index contributed by atoms with van der Waals surface area (Å²) in [5.41, 5.74) is 0. The van der Waals surface area contributed by atoms with E-state index in [0.29, 0.717) is 0 Å². The first kappa shape index (κ1) is 9.03. The molecule has 13 heavy (non-hydrogen) atoms. The van der Waals surface area contributed by atoms with E-state index >= 15 is 0 Å². The van der Waals surface area contributed by atoms with E-state index in [4.69, 9.17) is 4.74 Å². The SMILES string of the molecule is O[C@@H]1CC[C@H]1Oc1ccc(Br)cc1. The van der Waals surface area contributed by atoms with Gasteiger partial charge in [0.05, 0.1) is 6.10 Å². The number of halogens is 1. The maximum absolute atomic E-state index is 9.29. The molecule has 1 N–H and O–H groups in total. The Hall–Kier alpha value is -0.540. The maximum Gasteiger partial charge on any atom is 0.125 e. The van der Waals surface area contributed by atoms with Gasteiger partial charge in [-0.1, -0.05) is 15.9 Å². The molecule has 70 valence electrons. The Morgan fingerprint density at radius 1 is 1.23 bits per heavy atom. The molecule has 1 saturated carbocycles. The molecular formula is C10H11BrO2. The molecule has 1 aliphatic carbocycles. The lowest BCUT2D eigenvalue weighted by Gasteiger charge is -2.32. The second-order valence-electron chi connectivity index (χ2n) is 3.25. The first-order valence-corrected chi connectivity index (χ1v) is 5.15. The van der Waals surface area contributed by atoms with E-state index in [1.54, 1.807) is 0 Å². The summed E-state index contributed by atoms with van der Waals surface area (Å²) in [6.07, 6.45) is 1.54. The quantitative estimate of drug-likeness (QED) is 0.863. The summed E-state index contributed by atoms with van der Waals surface area (Å²) in [5.74, 6) is 0.826. The molecule has 2 nitrogen and oxygen atoms in total. The van der Waals surface area contributed by atoms with Crippen LogP contribution in [0.15, 0.2) is 28.7 Å². The molecule has 1 aromatic carbocycles. The zero-order chi connectivity index (χ0) is 9.26. The lowest BCUT2D eigenvalue weighted by Crippen LogP contribution is -2.41. The van der Waals surface area contributed by atoms with Crippen LogP contribution in [0.3, 0.4) is 0 Å². The first-order chi connectivity index (χ1) is 6.25. The second kappa shape index (κ2) is 3.68. The zero-order valence-corrected chi connectivity index (χ0v) is 8.70. The van der Waals surface area contributed by atoms with E-state index in [0.717, 1.165) is 23.1 Å². The fourth-order valence-electron chi connectivity index (χ4n) is 1.28. The van der Waals surface area contributed by atoms with Gasteiger partial charge in [0.2, 0.25) is 0 Å². The van der Waals surface area contributed by atoms with Gasteiger partial charge in [0, 0.05) is 4.47 Å². The Labute approximate surface area is 85.7 Å². The summed E-state index contributed by atoms with van der Waals surface area (Å²) in [6.45, 7) is 0. The average molecular weight is 243 g/mol. The predicted octanol–water partition coefficient (Wildman–Crippen LogP) is 2.35. The van der Waals surface area contributed by atoms with Gasteiger partial charge in [-0.15, -0.1) is 0 Å². The van der Waals surface area contributed by atoms with E-state index in [1.807, 2.05) is 24.3 Å². The number of rotatable bonds is 2. The van der Waals surface area contributed by atoms with Gasteiger partial charge in [-0.3, -0.25) is 0 Å². The van der Waals surface area contributed by atoms with Crippen LogP contribution in [0.1, 0.15) is 12.8 Å². The maximum atomic E-state index is 9.29. The molecular weight excluding hydrogens is 232 g/mol. The Morgan fingerprint density at radius 3 is 2.38 bits per heavy atom. The molecule has 1 aromatic rings. The molecule has 0 aliphatic heterocycles. The Bertz CT molecular complexity index is 283. The molecule has 0 heterocycles. The fraction of sp³-hybridized carbons (Fsp3) is 0.400. The van der Waals surface area contributed by atoms with E-state index in [2.05, 4.69) is 15.9 Å². The molecule has 2 rings (SSSR count). The van der Waals surface area contributed by atoms with Crippen molar-refractivity contribution < 1.29 is 9.84 Å². The molecule has 1 aliphatic rings. The molecule has 1 fully saturated rings. The van der Waals surface area contributed by atoms with E-state index < -0.39 is 0 Å². The van der Waals surface area contributed by atoms with Crippen molar-refractivity contribution in [2.24, 2.45) is 0 Å². The van der Waals surface area contributed by atoms with E-state index in [1.165, 1.54) is 0 Å². The van der Waals surface area contributed by atoms with Gasteiger partial charge >= 0.3 is 0 Å². The number of ether oxygens (including phenoxy) is 1. The zero-order valence-electron chi connectivity index (χ0n) is 7.11. The van der Waals surface area contributed by atoms with Gasteiger partial charge in [-0.25, -0.2) is 0 Å². The average Bonchev–Trinajstić information content (AvgIpc) is 2.15. The normalized spacial score (nSPS) is 26.6. The van der Waals surface area contributed by atoms with Crippen LogP contribution in [-0.4, -0.2) is 17.3 Å². The highest BCUT2D eigenvalue weighted by molar-refractivity contribution is 9.10. The van der Waals surface area contributed by atoms with Crippen LogP contribution in [0.4, 0.5) is 0 Å². The third kappa shape index (κ3) is 2.03. The number of aliphatic hydroxyl groups excluding tert-OH is 1. The van der Waals surface area contributed by atoms with Crippen molar-refractivity contribution in [3.8, 4) is 5.75 Å². The van der Waals surface area contributed by atoms with Crippen molar-refractivity contribution >= 4 is 15.9 Å². The van der Waals surface area contributed by atoms with Crippen LogP contribution in [0.2, 0.25) is 0 Å². The van der Waals surface area contributed by atoms with Crippen molar-refractivity contribution in [1.29, 1.82) is 0 Å². The van der Waals surface area contributed by atoms with Gasteiger partial charge in [0.25, 0.3) is 0 Å². The Morgan fingerprint density at radius 2 is 1.92 bits per heavy atom. The summed E-state index contributed by atoms with van der Waals surface area (Å²) >= 11 is 3.35. The van der Waals surface area contributed by atoms with Gasteiger partial charge in [0.1, 0.15) is 11.9 Å². The number of benzene rings is 1. The summed E-state index contributed by atoms with van der Waals surface area (Å²) in [6, 6.07) is 7.66. The van der Waals surface area contributed by atoms with E-state index in [9.17, 15) is 5.11 Å². The number of hydrogen-bond acceptors (Lipinski definition) is 2. The first-order valence-electron chi connectivity index (χ1n) is 4.36. The van der Waals surface area contributed by atoms with Crippen LogP contribution in [0.25, 0.3) is 0 Å². The summed E-state index contributed by atoms with van der Waals surface area (Å²) in [5, 5.41) is 9.29. The van der Waals surface area contributed by atoms with Crippen LogP contribution >= 0.6 is 15.9 Å². The number of aliphatic hydroxyl groups is 1. The van der Waals surface area contributed by atoms with Crippen molar-refractivity contribution in [3.63, 3.8) is 0 Å². The topological polar surface area (TPSA) is 29.5 Å². The van der Waals surface area contributed by atoms with Crippen LogP contribution in [-0.2, 0) is 0 Å². The Balaban J connectivity index is 1.98. The molecule has 2 atom stereocenters. The molecule has 0 bridgehead atoms. The molecule has 0 spiro atoms. The third-order valence-electron chi connectivity index (χ3n) is 2.28. The highest BCUT2D eigenvalue weighted by Crippen LogP contribution is 2.26. The van der Waals surface area contributed by atoms with Gasteiger partial charge in [-0.05, 0) is 37.1 Å². The van der Waals surface area contributed by atoms with Crippen LogP contribution in [0, 0.1) is 0 Å². The van der Waals surface area contributed by atoms with Gasteiger partial charge in [0.15, 0.2) is 0 Å². The molecule has 0 amide bonds. The second-order valence-corrected chi connectivity index (χ2v) is 4.17. The monoisotopic (exact) mass is 242 g/mol. The minimum Gasteiger partial charge on any atom is -0.488 e. The lowest BCUT2D eigenvalue weighted by atomic mass is 9.92. The summed E-state index contributed by atoms with van der Waals surface area (Å²) < 4.78 is 6.58. The smallest absolute Gasteiger partial charge is 0.125 e. The largest absolute Gasteiger partial charge is 0.488 e. The van der Waals surface area contributed by atoms with Crippen LogP contribution in [0.5, 0.6) is 5.75 Å². The van der Waals surface area contributed by atoms with Crippen molar-refractivity contribution in [2.75, 3.05) is 0 Å². The summed E-state index contributed by atoms with van der Waals surface area (Å²) in [7, 11) is 0. The highest BCUT2D eigenvalue weighted by Gasteiger charge is 2.30. The minimum absolute atomic E-state index is 0.00109. The van der Waals surface area contributed by atoms with Crippen molar-refractivity contribution in [2.45, 2.75) is 25.0 Å². The molecule has 3 heteroatoms. The molecule has 0 aromatic heterocycles. The number of hydrogen-bond donors (Lipinski definition) is 1. The third-order valence-corrected chi connectivity index (χ3v) is 2.81. The minimum atomic E-state index is -0.274. The van der Waals surface area contributed by atoms with Gasteiger partial charge < -0.3 is 9.84 Å². The lowest BCUT2D eigenvalue weighted by molar-refractivity contribution is -0.0361. The van der Waals surface area contributed by atoms with Crippen molar-refractivity contribution in [1.82, 2.24) is 0 Å². The van der Waals surface area contributed by atoms with Crippen LogP contribution < -0.4 is 4.74 Å². The highest BCUT2D eigenvalue weighted by atomic mass is 79.9. The summed E-state index contributed by atoms with van der Waals surface area (Å²) in [4.78, 5) is 0. The van der Waals surface area contributed by atoms with E-state index in [-0.39, 0.29) is 12.2 Å². The molecule has 0 unspecified atom stereocenters. The Kier molecular flexibility index (Phi) is 2.56. The molecule has 0 saturated heterocycles. The standard InChI is InChI=1S/C10H11BrO2/c11-7-1-3-8(4-2-7)13-10-6-5-9(10)12/h1-4,9-10,12H,5-6H2/t9-,10-/m1/s1. The predicted molar refractivity (Wildman–Crippen MR) is 53.8 cm³/mol. The fourth-order valence-corrected chi connectivity index (χ4v) is 1.54. The van der Waals surface area contributed by atoms with Gasteiger partial charge in [-0.2, -0.15) is 0 Å².